The number of amides is 1. The molecule has 7 nitrogen and oxygen atoms in total. The van der Waals surface area contributed by atoms with Gasteiger partial charge in [0, 0.05) is 21.4 Å². The Morgan fingerprint density at radius 2 is 2.17 bits per heavy atom. The van der Waals surface area contributed by atoms with Gasteiger partial charge in [-0.3, -0.25) is 9.89 Å². The Balaban J connectivity index is 2.18. The van der Waals surface area contributed by atoms with Gasteiger partial charge in [-0.25, -0.2) is 0 Å². The van der Waals surface area contributed by atoms with Crippen LogP contribution < -0.4 is 15.8 Å². The summed E-state index contributed by atoms with van der Waals surface area (Å²) in [6.45, 7) is 3.70. The molecule has 2 aliphatic rings. The van der Waals surface area contributed by atoms with Gasteiger partial charge in [-0.15, -0.1) is 5.10 Å². The summed E-state index contributed by atoms with van der Waals surface area (Å²) < 4.78 is 6.33. The van der Waals surface area contributed by atoms with Crippen molar-refractivity contribution < 1.29 is 9.53 Å². The zero-order chi connectivity index (χ0) is 17.2. The topological polar surface area (TPSA) is 117 Å². The van der Waals surface area contributed by atoms with Crippen molar-refractivity contribution in [1.82, 2.24) is 10.2 Å². The van der Waals surface area contributed by atoms with E-state index in [0.29, 0.717) is 22.5 Å². The van der Waals surface area contributed by atoms with Crippen LogP contribution in [0.2, 0.25) is 0 Å². The average molecular weight is 386 g/mol. The summed E-state index contributed by atoms with van der Waals surface area (Å²) in [7, 11) is 0. The van der Waals surface area contributed by atoms with Gasteiger partial charge < -0.3 is 15.8 Å². The van der Waals surface area contributed by atoms with Crippen molar-refractivity contribution in [2.75, 3.05) is 5.32 Å². The molecule has 3 heterocycles. The number of nitrogens with zero attached hydrogens (tertiary/aromatic N) is 2. The van der Waals surface area contributed by atoms with Crippen LogP contribution in [0.15, 0.2) is 28.1 Å². The summed E-state index contributed by atoms with van der Waals surface area (Å²) in [5.41, 5.74) is 8.06. The lowest BCUT2D eigenvalue weighted by Crippen LogP contribution is -2.42. The van der Waals surface area contributed by atoms with Crippen LogP contribution in [0.4, 0.5) is 5.69 Å². The largest absolute Gasteiger partial charge is 0.420 e. The molecular formula is C16H12BrN5O2. The molecule has 0 bridgehead atoms. The number of H-pyrrole nitrogens is 1. The normalized spacial score (nSPS) is 21.2. The number of aromatic nitrogens is 2. The quantitative estimate of drug-likeness (QED) is 0.641. The maximum atomic E-state index is 13.1. The van der Waals surface area contributed by atoms with E-state index in [2.05, 4.69) is 37.5 Å². The van der Waals surface area contributed by atoms with Crippen LogP contribution in [-0.2, 0) is 10.2 Å². The van der Waals surface area contributed by atoms with Crippen molar-refractivity contribution in [2.45, 2.75) is 19.3 Å². The molecule has 0 fully saturated rings. The third kappa shape index (κ3) is 1.55. The Morgan fingerprint density at radius 1 is 1.42 bits per heavy atom. The van der Waals surface area contributed by atoms with Gasteiger partial charge >= 0.3 is 0 Å². The SMILES string of the molecule is Cc1cc2c(cc1Br)NC(=O)C21C(C#N)=C(N)Oc2n[nH]c(C)c21. The summed E-state index contributed by atoms with van der Waals surface area (Å²) in [6.07, 6.45) is 0. The molecule has 1 atom stereocenters. The zero-order valence-electron chi connectivity index (χ0n) is 12.8. The van der Waals surface area contributed by atoms with Crippen molar-refractivity contribution >= 4 is 27.5 Å². The maximum Gasteiger partial charge on any atom is 0.245 e. The number of nitriles is 1. The Bertz CT molecular complexity index is 1000. The minimum atomic E-state index is -1.36. The van der Waals surface area contributed by atoms with E-state index >= 15 is 0 Å². The first kappa shape index (κ1) is 14.8. The van der Waals surface area contributed by atoms with Crippen molar-refractivity contribution in [2.24, 2.45) is 5.73 Å². The fourth-order valence-corrected chi connectivity index (χ4v) is 3.80. The standard InChI is InChI=1S/C16H12BrN5O2/c1-6-3-8-11(4-10(6)17)20-15(23)16(8)9(5-18)13(19)24-14-12(16)7(2)21-22-14/h3-4H,19H2,1-2H3,(H,20,23)(H,21,22). The number of anilines is 1. The maximum absolute atomic E-state index is 13.1. The van der Waals surface area contributed by atoms with Gasteiger partial charge in [0.2, 0.25) is 17.7 Å². The van der Waals surface area contributed by atoms with Crippen LogP contribution >= 0.6 is 15.9 Å². The number of carbonyl (C=O) groups is 1. The van der Waals surface area contributed by atoms with Gasteiger partial charge in [-0.1, -0.05) is 22.0 Å². The van der Waals surface area contributed by atoms with Crippen LogP contribution in [0.1, 0.15) is 22.4 Å². The van der Waals surface area contributed by atoms with Gasteiger partial charge in [-0.2, -0.15) is 5.26 Å². The molecule has 1 aromatic heterocycles. The number of nitrogens with two attached hydrogens (primary N) is 1. The fraction of sp³-hybridized carbons (Fsp3) is 0.188. The van der Waals surface area contributed by atoms with Gasteiger partial charge in [0.15, 0.2) is 0 Å². The predicted molar refractivity (Wildman–Crippen MR) is 89.1 cm³/mol. The molecule has 1 unspecified atom stereocenters. The highest BCUT2D eigenvalue weighted by Gasteiger charge is 2.58. The molecule has 8 heteroatoms. The lowest BCUT2D eigenvalue weighted by molar-refractivity contribution is -0.118. The Kier molecular flexibility index (Phi) is 2.84. The predicted octanol–water partition coefficient (Wildman–Crippen LogP) is 2.11. The van der Waals surface area contributed by atoms with Crippen LogP contribution in [0, 0.1) is 25.2 Å². The zero-order valence-corrected chi connectivity index (χ0v) is 14.4. The van der Waals surface area contributed by atoms with Crippen molar-refractivity contribution in [3.8, 4) is 11.9 Å². The van der Waals surface area contributed by atoms with E-state index in [1.165, 1.54) is 0 Å². The Labute approximate surface area is 145 Å². The fourth-order valence-electron chi connectivity index (χ4n) is 3.46. The third-order valence-corrected chi connectivity index (χ3v) is 5.37. The molecule has 2 aliphatic heterocycles. The van der Waals surface area contributed by atoms with Crippen molar-refractivity contribution in [3.05, 3.63) is 50.4 Å². The van der Waals surface area contributed by atoms with Gasteiger partial charge in [0.25, 0.3) is 0 Å². The number of hydrogen-bond donors (Lipinski definition) is 3. The third-order valence-electron chi connectivity index (χ3n) is 4.52. The molecule has 4 N–H and O–H groups in total. The van der Waals surface area contributed by atoms with Gasteiger partial charge in [0.1, 0.15) is 17.1 Å². The summed E-state index contributed by atoms with van der Waals surface area (Å²) in [4.78, 5) is 13.1. The van der Waals surface area contributed by atoms with E-state index in [9.17, 15) is 10.1 Å². The molecule has 0 saturated carbocycles. The number of hydrogen-bond acceptors (Lipinski definition) is 5. The van der Waals surface area contributed by atoms with Gasteiger partial charge in [0.05, 0.1) is 5.56 Å². The number of aromatic amines is 1. The summed E-state index contributed by atoms with van der Waals surface area (Å²) in [6, 6.07) is 5.77. The molecule has 2 aromatic rings. The Hall–Kier alpha value is -2.79. The van der Waals surface area contributed by atoms with E-state index < -0.39 is 5.41 Å². The highest BCUT2D eigenvalue weighted by Crippen LogP contribution is 2.54. The molecule has 120 valence electrons. The number of nitrogens with one attached hydrogen (secondary N) is 2. The second kappa shape index (κ2) is 4.61. The highest BCUT2D eigenvalue weighted by atomic mass is 79.9. The van der Waals surface area contributed by atoms with Crippen LogP contribution in [0.5, 0.6) is 5.88 Å². The van der Waals surface area contributed by atoms with Crippen molar-refractivity contribution in [1.29, 1.82) is 5.26 Å². The Morgan fingerprint density at radius 3 is 2.88 bits per heavy atom. The number of aryl methyl sites for hydroxylation is 2. The minimum absolute atomic E-state index is 0.0671. The lowest BCUT2D eigenvalue weighted by atomic mass is 9.69. The van der Waals surface area contributed by atoms with E-state index in [1.807, 2.05) is 19.1 Å². The molecule has 4 rings (SSSR count). The first-order valence-electron chi connectivity index (χ1n) is 7.17. The van der Waals surface area contributed by atoms with Crippen molar-refractivity contribution in [3.63, 3.8) is 0 Å². The highest BCUT2D eigenvalue weighted by molar-refractivity contribution is 9.10. The molecule has 1 amide bonds. The molecule has 1 aromatic carbocycles. The average Bonchev–Trinajstić information content (AvgIpc) is 3.01. The second-order valence-electron chi connectivity index (χ2n) is 5.83. The monoisotopic (exact) mass is 385 g/mol. The van der Waals surface area contributed by atoms with E-state index in [4.69, 9.17) is 10.5 Å². The number of halogens is 1. The van der Waals surface area contributed by atoms with Crippen LogP contribution in [0.3, 0.4) is 0 Å². The molecule has 0 aliphatic carbocycles. The van der Waals surface area contributed by atoms with Crippen LogP contribution in [-0.4, -0.2) is 16.1 Å². The minimum Gasteiger partial charge on any atom is -0.420 e. The smallest absolute Gasteiger partial charge is 0.245 e. The summed E-state index contributed by atoms with van der Waals surface area (Å²) in [5.74, 6) is -0.240. The molecule has 0 saturated heterocycles. The molecule has 0 radical (unpaired) electrons. The number of carbonyl (C=O) groups excluding carboxylic acids is 1. The van der Waals surface area contributed by atoms with Gasteiger partial charge in [-0.05, 0) is 25.5 Å². The molecule has 1 spiro atoms. The van der Waals surface area contributed by atoms with E-state index in [-0.39, 0.29) is 23.2 Å². The summed E-state index contributed by atoms with van der Waals surface area (Å²) in [5, 5.41) is 19.5. The number of rotatable bonds is 0. The first-order valence-corrected chi connectivity index (χ1v) is 7.96. The van der Waals surface area contributed by atoms with E-state index in [1.54, 1.807) is 6.92 Å². The summed E-state index contributed by atoms with van der Waals surface area (Å²) >= 11 is 3.47. The lowest BCUT2D eigenvalue weighted by Gasteiger charge is -2.31. The number of fused-ring (bicyclic) bond motifs is 4. The second-order valence-corrected chi connectivity index (χ2v) is 6.69. The first-order chi connectivity index (χ1) is 11.4. The van der Waals surface area contributed by atoms with E-state index in [0.717, 1.165) is 10.0 Å². The number of benzene rings is 1. The van der Waals surface area contributed by atoms with Crippen LogP contribution in [0.25, 0.3) is 0 Å². The molecular weight excluding hydrogens is 374 g/mol. The number of ether oxygens (including phenoxy) is 1. The molecule has 24 heavy (non-hydrogen) atoms.